The van der Waals surface area contributed by atoms with E-state index in [4.69, 9.17) is 4.74 Å². The molecular formula is C28H29N5O7S. The number of amides is 2. The van der Waals surface area contributed by atoms with Crippen LogP contribution in [0.4, 0.5) is 0 Å². The SMILES string of the molecule is COCC(=O)N(Cc1ccc(C(=O)NC[C@H](NS(=O)(=O)c2ccccc2)C(=O)O)cc1)Cc1nc2ccccc2[nH]1. The number of fused-ring (bicyclic) bond motifs is 1. The molecule has 1 atom stereocenters. The van der Waals surface area contributed by atoms with Crippen molar-refractivity contribution in [3.63, 3.8) is 0 Å². The standard InChI is InChI=1S/C28H29N5O7S/c1-40-18-26(34)33(17-25-30-22-9-5-6-10-23(22)31-25)16-19-11-13-20(14-12-19)27(35)29-15-24(28(36)37)32-41(38,39)21-7-3-2-4-8-21/h2-14,24,32H,15-18H2,1H3,(H,29,35)(H,30,31)(H,36,37)/t24-/m0/s1. The number of carboxylic acid groups (broad SMARTS) is 1. The monoisotopic (exact) mass is 579 g/mol. The van der Waals surface area contributed by atoms with Crippen LogP contribution in [0.1, 0.15) is 21.7 Å². The summed E-state index contributed by atoms with van der Waals surface area (Å²) in [4.78, 5) is 46.3. The second kappa shape index (κ2) is 13.2. The van der Waals surface area contributed by atoms with Gasteiger partial charge in [-0.3, -0.25) is 14.4 Å². The number of imidazole rings is 1. The molecule has 0 radical (unpaired) electrons. The van der Waals surface area contributed by atoms with Gasteiger partial charge in [-0.2, -0.15) is 4.72 Å². The zero-order chi connectivity index (χ0) is 29.4. The largest absolute Gasteiger partial charge is 0.480 e. The number of carbonyl (C=O) groups is 3. The molecular weight excluding hydrogens is 550 g/mol. The fraction of sp³-hybridized carbons (Fsp3) is 0.214. The summed E-state index contributed by atoms with van der Waals surface area (Å²) in [5, 5.41) is 11.9. The van der Waals surface area contributed by atoms with Crippen LogP contribution in [-0.4, -0.2) is 72.5 Å². The van der Waals surface area contributed by atoms with E-state index >= 15 is 0 Å². The number of benzene rings is 3. The van der Waals surface area contributed by atoms with Crippen molar-refractivity contribution in [3.8, 4) is 0 Å². The average molecular weight is 580 g/mol. The Kier molecular flexibility index (Phi) is 9.45. The lowest BCUT2D eigenvalue weighted by Gasteiger charge is -2.21. The molecule has 13 heteroatoms. The zero-order valence-electron chi connectivity index (χ0n) is 22.1. The lowest BCUT2D eigenvalue weighted by molar-refractivity contribution is -0.139. The van der Waals surface area contributed by atoms with Gasteiger partial charge < -0.3 is 25.0 Å². The second-order valence-electron chi connectivity index (χ2n) is 9.12. The Morgan fingerprint density at radius 1 is 0.976 bits per heavy atom. The highest BCUT2D eigenvalue weighted by molar-refractivity contribution is 7.89. The van der Waals surface area contributed by atoms with Crippen LogP contribution >= 0.6 is 0 Å². The molecule has 4 aromatic rings. The number of carboxylic acids is 1. The molecule has 0 aliphatic carbocycles. The highest BCUT2D eigenvalue weighted by Crippen LogP contribution is 2.15. The van der Waals surface area contributed by atoms with E-state index in [1.165, 1.54) is 43.5 Å². The molecule has 0 bridgehead atoms. The Bertz CT molecular complexity index is 1590. The first kappa shape index (κ1) is 29.4. The highest BCUT2D eigenvalue weighted by atomic mass is 32.2. The van der Waals surface area contributed by atoms with Crippen molar-refractivity contribution >= 4 is 38.8 Å². The van der Waals surface area contributed by atoms with Crippen molar-refractivity contribution in [2.75, 3.05) is 20.3 Å². The van der Waals surface area contributed by atoms with Crippen LogP contribution in [0.3, 0.4) is 0 Å². The minimum absolute atomic E-state index is 0.0912. The van der Waals surface area contributed by atoms with E-state index in [9.17, 15) is 27.9 Å². The predicted octanol–water partition coefficient (Wildman–Crippen LogP) is 1.90. The maximum Gasteiger partial charge on any atom is 0.323 e. The molecule has 0 unspecified atom stereocenters. The first-order valence-electron chi connectivity index (χ1n) is 12.5. The quantitative estimate of drug-likeness (QED) is 0.186. The van der Waals surface area contributed by atoms with Gasteiger partial charge in [-0.25, -0.2) is 13.4 Å². The fourth-order valence-corrected chi connectivity index (χ4v) is 5.23. The predicted molar refractivity (Wildman–Crippen MR) is 149 cm³/mol. The van der Waals surface area contributed by atoms with Crippen molar-refractivity contribution in [2.45, 2.75) is 24.0 Å². The smallest absolute Gasteiger partial charge is 0.323 e. The first-order valence-corrected chi connectivity index (χ1v) is 14.0. The molecule has 2 amide bonds. The number of hydrogen-bond donors (Lipinski definition) is 4. The van der Waals surface area contributed by atoms with Gasteiger partial charge in [0.05, 0.1) is 22.5 Å². The van der Waals surface area contributed by atoms with E-state index in [1.807, 2.05) is 24.3 Å². The lowest BCUT2D eigenvalue weighted by atomic mass is 10.1. The van der Waals surface area contributed by atoms with Gasteiger partial charge in [-0.15, -0.1) is 0 Å². The third-order valence-electron chi connectivity index (χ3n) is 6.10. The molecule has 41 heavy (non-hydrogen) atoms. The number of nitrogens with zero attached hydrogens (tertiary/aromatic N) is 2. The van der Waals surface area contributed by atoms with Crippen molar-refractivity contribution in [1.82, 2.24) is 24.9 Å². The molecule has 214 valence electrons. The van der Waals surface area contributed by atoms with E-state index in [0.29, 0.717) is 5.82 Å². The lowest BCUT2D eigenvalue weighted by Crippen LogP contribution is -2.48. The van der Waals surface area contributed by atoms with Crippen LogP contribution in [0, 0.1) is 0 Å². The zero-order valence-corrected chi connectivity index (χ0v) is 22.9. The van der Waals surface area contributed by atoms with Gasteiger partial charge in [0.2, 0.25) is 15.9 Å². The number of aromatic nitrogens is 2. The van der Waals surface area contributed by atoms with E-state index < -0.39 is 34.5 Å². The number of carbonyl (C=O) groups excluding carboxylic acids is 2. The third kappa shape index (κ3) is 7.75. The summed E-state index contributed by atoms with van der Waals surface area (Å²) in [6, 6.07) is 19.7. The van der Waals surface area contributed by atoms with Crippen LogP contribution < -0.4 is 10.0 Å². The average Bonchev–Trinajstić information content (AvgIpc) is 3.38. The van der Waals surface area contributed by atoms with Crippen LogP contribution in [0.15, 0.2) is 83.8 Å². The molecule has 12 nitrogen and oxygen atoms in total. The summed E-state index contributed by atoms with van der Waals surface area (Å²) >= 11 is 0. The van der Waals surface area contributed by atoms with Crippen molar-refractivity contribution in [3.05, 3.63) is 95.8 Å². The van der Waals surface area contributed by atoms with Crippen LogP contribution in [0.2, 0.25) is 0 Å². The highest BCUT2D eigenvalue weighted by Gasteiger charge is 2.26. The summed E-state index contributed by atoms with van der Waals surface area (Å²) in [6.07, 6.45) is 0. The Morgan fingerprint density at radius 2 is 1.66 bits per heavy atom. The Balaban J connectivity index is 1.39. The normalized spacial score (nSPS) is 12.1. The molecule has 4 N–H and O–H groups in total. The number of methoxy groups -OCH3 is 1. The van der Waals surface area contributed by atoms with Gasteiger partial charge >= 0.3 is 5.97 Å². The van der Waals surface area contributed by atoms with Gasteiger partial charge in [0.15, 0.2) is 0 Å². The summed E-state index contributed by atoms with van der Waals surface area (Å²) in [5.41, 5.74) is 2.61. The molecule has 0 spiro atoms. The summed E-state index contributed by atoms with van der Waals surface area (Å²) in [7, 11) is -2.67. The minimum atomic E-state index is -4.11. The molecule has 0 saturated heterocycles. The third-order valence-corrected chi connectivity index (χ3v) is 7.59. The number of aliphatic carboxylic acids is 1. The summed E-state index contributed by atoms with van der Waals surface area (Å²) in [6.45, 7) is -0.143. The van der Waals surface area contributed by atoms with E-state index in [2.05, 4.69) is 20.0 Å². The molecule has 0 aliphatic rings. The molecule has 0 saturated carbocycles. The topological polar surface area (TPSA) is 171 Å². The number of rotatable bonds is 13. The minimum Gasteiger partial charge on any atom is -0.480 e. The molecule has 1 heterocycles. The number of sulfonamides is 1. The van der Waals surface area contributed by atoms with Crippen molar-refractivity contribution in [2.24, 2.45) is 0 Å². The molecule has 0 fully saturated rings. The van der Waals surface area contributed by atoms with Gasteiger partial charge in [0.1, 0.15) is 18.5 Å². The maximum absolute atomic E-state index is 12.7. The summed E-state index contributed by atoms with van der Waals surface area (Å²) < 4.78 is 32.1. The number of H-pyrrole nitrogens is 1. The van der Waals surface area contributed by atoms with Crippen molar-refractivity contribution in [1.29, 1.82) is 0 Å². The molecule has 4 rings (SSSR count). The van der Waals surface area contributed by atoms with E-state index in [1.54, 1.807) is 23.1 Å². The van der Waals surface area contributed by atoms with Crippen LogP contribution in [0.5, 0.6) is 0 Å². The fourth-order valence-electron chi connectivity index (χ4n) is 4.02. The van der Waals surface area contributed by atoms with Gasteiger partial charge in [0, 0.05) is 25.8 Å². The maximum atomic E-state index is 12.7. The van der Waals surface area contributed by atoms with E-state index in [-0.39, 0.29) is 36.1 Å². The molecule has 0 aliphatic heterocycles. The van der Waals surface area contributed by atoms with Crippen molar-refractivity contribution < 1.29 is 32.6 Å². The first-order chi connectivity index (χ1) is 19.7. The molecule has 3 aromatic carbocycles. The van der Waals surface area contributed by atoms with Gasteiger partial charge in [-0.1, -0.05) is 42.5 Å². The number of ether oxygens (including phenoxy) is 1. The Hall–Kier alpha value is -4.59. The Labute approximate surface area is 236 Å². The van der Waals surface area contributed by atoms with Crippen LogP contribution in [0.25, 0.3) is 11.0 Å². The van der Waals surface area contributed by atoms with E-state index in [0.717, 1.165) is 16.6 Å². The van der Waals surface area contributed by atoms with Gasteiger partial charge in [-0.05, 0) is 42.0 Å². The number of nitrogens with one attached hydrogen (secondary N) is 3. The number of aromatic amines is 1. The number of para-hydroxylation sites is 2. The van der Waals surface area contributed by atoms with Crippen LogP contribution in [-0.2, 0) is 37.4 Å². The number of hydrogen-bond acceptors (Lipinski definition) is 7. The Morgan fingerprint density at radius 3 is 2.32 bits per heavy atom. The summed E-state index contributed by atoms with van der Waals surface area (Å²) in [5.74, 6) is -1.66. The van der Waals surface area contributed by atoms with Gasteiger partial charge in [0.25, 0.3) is 5.91 Å². The second-order valence-corrected chi connectivity index (χ2v) is 10.8. The molecule has 1 aromatic heterocycles.